The van der Waals surface area contributed by atoms with Gasteiger partial charge in [-0.3, -0.25) is 0 Å². The highest BCUT2D eigenvalue weighted by Gasteiger charge is 2.03. The SMILES string of the molecule is CCc1nc(Br)cc(OCc2ccc(Cl)cc2)n1. The van der Waals surface area contributed by atoms with E-state index in [1.165, 1.54) is 0 Å². The minimum absolute atomic E-state index is 0.462. The molecule has 0 aliphatic rings. The molecule has 0 saturated carbocycles. The molecule has 0 bridgehead atoms. The first-order valence-corrected chi connectivity index (χ1v) is 6.75. The summed E-state index contributed by atoms with van der Waals surface area (Å²) < 4.78 is 6.37. The van der Waals surface area contributed by atoms with E-state index in [1.807, 2.05) is 31.2 Å². The fraction of sp³-hybridized carbons (Fsp3) is 0.231. The van der Waals surface area contributed by atoms with Gasteiger partial charge in [-0.05, 0) is 33.6 Å². The number of ether oxygens (including phenoxy) is 1. The van der Waals surface area contributed by atoms with Crippen LogP contribution in [0.3, 0.4) is 0 Å². The lowest BCUT2D eigenvalue weighted by molar-refractivity contribution is 0.292. The van der Waals surface area contributed by atoms with E-state index in [9.17, 15) is 0 Å². The van der Waals surface area contributed by atoms with Gasteiger partial charge in [-0.1, -0.05) is 30.7 Å². The molecule has 0 fully saturated rings. The van der Waals surface area contributed by atoms with Crippen LogP contribution in [0.5, 0.6) is 5.88 Å². The van der Waals surface area contributed by atoms with Crippen molar-refractivity contribution in [3.63, 3.8) is 0 Å². The predicted molar refractivity (Wildman–Crippen MR) is 74.9 cm³/mol. The Hall–Kier alpha value is -1.13. The van der Waals surface area contributed by atoms with Crippen molar-refractivity contribution in [1.82, 2.24) is 9.97 Å². The van der Waals surface area contributed by atoms with Gasteiger partial charge in [0.05, 0.1) is 0 Å². The molecule has 0 aliphatic carbocycles. The van der Waals surface area contributed by atoms with Crippen LogP contribution in [0.2, 0.25) is 5.02 Å². The van der Waals surface area contributed by atoms with E-state index >= 15 is 0 Å². The van der Waals surface area contributed by atoms with Crippen LogP contribution < -0.4 is 4.74 Å². The zero-order chi connectivity index (χ0) is 13.0. The van der Waals surface area contributed by atoms with Gasteiger partial charge in [0.15, 0.2) is 0 Å². The van der Waals surface area contributed by atoms with Gasteiger partial charge < -0.3 is 4.74 Å². The van der Waals surface area contributed by atoms with Crippen molar-refractivity contribution in [3.05, 3.63) is 51.3 Å². The molecule has 0 N–H and O–H groups in total. The summed E-state index contributed by atoms with van der Waals surface area (Å²) in [4.78, 5) is 8.52. The van der Waals surface area contributed by atoms with Crippen LogP contribution in [-0.4, -0.2) is 9.97 Å². The highest BCUT2D eigenvalue weighted by molar-refractivity contribution is 9.10. The van der Waals surface area contributed by atoms with Crippen molar-refractivity contribution in [1.29, 1.82) is 0 Å². The van der Waals surface area contributed by atoms with E-state index < -0.39 is 0 Å². The van der Waals surface area contributed by atoms with Crippen LogP contribution >= 0.6 is 27.5 Å². The number of hydrogen-bond acceptors (Lipinski definition) is 3. The first kappa shape index (κ1) is 13.3. The van der Waals surface area contributed by atoms with Crippen molar-refractivity contribution in [2.75, 3.05) is 0 Å². The number of nitrogens with zero attached hydrogens (tertiary/aromatic N) is 2. The third kappa shape index (κ3) is 3.68. The maximum atomic E-state index is 5.82. The molecule has 3 nitrogen and oxygen atoms in total. The molecular weight excluding hydrogens is 316 g/mol. The number of halogens is 2. The molecule has 0 radical (unpaired) electrons. The number of aryl methyl sites for hydroxylation is 1. The normalized spacial score (nSPS) is 10.4. The van der Waals surface area contributed by atoms with E-state index in [0.717, 1.165) is 27.4 Å². The van der Waals surface area contributed by atoms with Gasteiger partial charge in [0.25, 0.3) is 0 Å². The molecule has 2 aromatic rings. The summed E-state index contributed by atoms with van der Waals surface area (Å²) >= 11 is 9.16. The highest BCUT2D eigenvalue weighted by Crippen LogP contribution is 2.17. The van der Waals surface area contributed by atoms with E-state index in [1.54, 1.807) is 6.07 Å². The third-order valence-electron chi connectivity index (χ3n) is 2.33. The Morgan fingerprint density at radius 3 is 2.61 bits per heavy atom. The Balaban J connectivity index is 2.05. The summed E-state index contributed by atoms with van der Waals surface area (Å²) in [5.74, 6) is 1.33. The smallest absolute Gasteiger partial charge is 0.218 e. The quantitative estimate of drug-likeness (QED) is 0.795. The molecule has 0 spiro atoms. The van der Waals surface area contributed by atoms with E-state index in [4.69, 9.17) is 16.3 Å². The molecule has 18 heavy (non-hydrogen) atoms. The molecule has 1 heterocycles. The fourth-order valence-electron chi connectivity index (χ4n) is 1.41. The van der Waals surface area contributed by atoms with Crippen molar-refractivity contribution < 1.29 is 4.74 Å². The second-order valence-corrected chi connectivity index (χ2v) is 4.96. The van der Waals surface area contributed by atoms with Crippen LogP contribution in [0.15, 0.2) is 34.9 Å². The van der Waals surface area contributed by atoms with Gasteiger partial charge in [0.2, 0.25) is 5.88 Å². The second-order valence-electron chi connectivity index (χ2n) is 3.71. The van der Waals surface area contributed by atoms with Gasteiger partial charge in [-0.15, -0.1) is 0 Å². The molecule has 1 aromatic carbocycles. The lowest BCUT2D eigenvalue weighted by Gasteiger charge is -2.07. The lowest BCUT2D eigenvalue weighted by Crippen LogP contribution is -2.01. The standard InChI is InChI=1S/C13H12BrClN2O/c1-2-12-16-11(14)7-13(17-12)18-8-9-3-5-10(15)6-4-9/h3-7H,2,8H2,1H3. The maximum Gasteiger partial charge on any atom is 0.218 e. The number of benzene rings is 1. The van der Waals surface area contributed by atoms with Gasteiger partial charge in [-0.25, -0.2) is 4.98 Å². The lowest BCUT2D eigenvalue weighted by atomic mass is 10.2. The number of hydrogen-bond donors (Lipinski definition) is 0. The minimum Gasteiger partial charge on any atom is -0.473 e. The van der Waals surface area contributed by atoms with Crippen molar-refractivity contribution in [2.24, 2.45) is 0 Å². The molecule has 0 aliphatic heterocycles. The van der Waals surface area contributed by atoms with Crippen molar-refractivity contribution in [3.8, 4) is 5.88 Å². The third-order valence-corrected chi connectivity index (χ3v) is 2.99. The van der Waals surface area contributed by atoms with Crippen molar-refractivity contribution >= 4 is 27.5 Å². The molecule has 1 aromatic heterocycles. The van der Waals surface area contributed by atoms with E-state index in [0.29, 0.717) is 12.5 Å². The minimum atomic E-state index is 0.462. The molecule has 94 valence electrons. The zero-order valence-corrected chi connectivity index (χ0v) is 12.2. The number of aromatic nitrogens is 2. The summed E-state index contributed by atoms with van der Waals surface area (Å²) in [5, 5.41) is 0.719. The van der Waals surface area contributed by atoms with E-state index in [2.05, 4.69) is 25.9 Å². The topological polar surface area (TPSA) is 35.0 Å². The predicted octanol–water partition coefficient (Wildman–Crippen LogP) is 4.03. The zero-order valence-electron chi connectivity index (χ0n) is 9.86. The Bertz CT molecular complexity index is 531. The molecule has 5 heteroatoms. The van der Waals surface area contributed by atoms with Crippen LogP contribution in [-0.2, 0) is 13.0 Å². The summed E-state index contributed by atoms with van der Waals surface area (Å²) in [6, 6.07) is 9.30. The van der Waals surface area contributed by atoms with Crippen LogP contribution in [0.25, 0.3) is 0 Å². The Morgan fingerprint density at radius 2 is 1.94 bits per heavy atom. The van der Waals surface area contributed by atoms with E-state index in [-0.39, 0.29) is 0 Å². The van der Waals surface area contributed by atoms with Crippen LogP contribution in [0.4, 0.5) is 0 Å². The van der Waals surface area contributed by atoms with Gasteiger partial charge in [0, 0.05) is 17.5 Å². The van der Waals surface area contributed by atoms with Crippen LogP contribution in [0.1, 0.15) is 18.3 Å². The molecular formula is C13H12BrClN2O. The molecule has 0 amide bonds. The van der Waals surface area contributed by atoms with Crippen molar-refractivity contribution in [2.45, 2.75) is 20.0 Å². The second kappa shape index (κ2) is 6.16. The summed E-state index contributed by atoms with van der Waals surface area (Å²) in [6.45, 7) is 2.47. The average Bonchev–Trinajstić information content (AvgIpc) is 2.37. The summed E-state index contributed by atoms with van der Waals surface area (Å²) in [6.07, 6.45) is 0.775. The largest absolute Gasteiger partial charge is 0.473 e. The van der Waals surface area contributed by atoms with Crippen LogP contribution in [0, 0.1) is 0 Å². The first-order chi connectivity index (χ1) is 8.67. The molecule has 0 saturated heterocycles. The fourth-order valence-corrected chi connectivity index (χ4v) is 1.94. The summed E-state index contributed by atoms with van der Waals surface area (Å²) in [7, 11) is 0. The Morgan fingerprint density at radius 1 is 1.22 bits per heavy atom. The number of rotatable bonds is 4. The van der Waals surface area contributed by atoms with Gasteiger partial charge >= 0.3 is 0 Å². The average molecular weight is 328 g/mol. The molecule has 2 rings (SSSR count). The molecule has 0 unspecified atom stereocenters. The Kier molecular flexibility index (Phi) is 4.55. The summed E-state index contributed by atoms with van der Waals surface area (Å²) in [5.41, 5.74) is 1.05. The Labute approximate surface area is 119 Å². The highest BCUT2D eigenvalue weighted by atomic mass is 79.9. The first-order valence-electron chi connectivity index (χ1n) is 5.58. The van der Waals surface area contributed by atoms with Gasteiger partial charge in [-0.2, -0.15) is 4.98 Å². The maximum absolute atomic E-state index is 5.82. The molecule has 0 atom stereocenters. The monoisotopic (exact) mass is 326 g/mol. The van der Waals surface area contributed by atoms with Gasteiger partial charge in [0.1, 0.15) is 17.0 Å².